The van der Waals surface area contributed by atoms with E-state index in [1.807, 2.05) is 41.7 Å². The summed E-state index contributed by atoms with van der Waals surface area (Å²) in [5, 5.41) is 11.6. The average molecular weight is 377 g/mol. The highest BCUT2D eigenvalue weighted by atomic mass is 19.4. The van der Waals surface area contributed by atoms with Crippen molar-refractivity contribution >= 4 is 5.91 Å². The summed E-state index contributed by atoms with van der Waals surface area (Å²) in [6.45, 7) is -0.142. The first-order valence-electron chi connectivity index (χ1n) is 8.63. The molecule has 2 aromatic carbocycles. The molecule has 0 saturated heterocycles. The molecule has 144 valence electrons. The van der Waals surface area contributed by atoms with E-state index in [-0.39, 0.29) is 18.9 Å². The number of aliphatic hydroxyl groups is 1. The second-order valence-corrected chi connectivity index (χ2v) is 6.28. The van der Waals surface area contributed by atoms with Crippen molar-refractivity contribution in [1.29, 1.82) is 0 Å². The number of benzene rings is 2. The van der Waals surface area contributed by atoms with Gasteiger partial charge >= 0.3 is 12.1 Å². The largest absolute Gasteiger partial charge is 0.471 e. The minimum atomic E-state index is -4.94. The predicted octanol–water partition coefficient (Wildman–Crippen LogP) is 3.68. The first kappa shape index (κ1) is 20.7. The summed E-state index contributed by atoms with van der Waals surface area (Å²) in [5.41, 5.74) is 1.82. The third-order valence-corrected chi connectivity index (χ3v) is 4.06. The highest BCUT2D eigenvalue weighted by Gasteiger charge is 2.39. The van der Waals surface area contributed by atoms with Crippen LogP contribution < -0.4 is 5.32 Å². The molecule has 2 N–H and O–H groups in total. The molecule has 3 nitrogen and oxygen atoms in total. The molecule has 0 aliphatic rings. The molecule has 6 heteroatoms. The molecule has 0 bridgehead atoms. The van der Waals surface area contributed by atoms with E-state index in [4.69, 9.17) is 0 Å². The second kappa shape index (κ2) is 9.92. The van der Waals surface area contributed by atoms with Gasteiger partial charge in [0.15, 0.2) is 0 Å². The Hall–Kier alpha value is -2.60. The van der Waals surface area contributed by atoms with Gasteiger partial charge in [-0.2, -0.15) is 13.2 Å². The minimum Gasteiger partial charge on any atom is -0.396 e. The second-order valence-electron chi connectivity index (χ2n) is 6.28. The van der Waals surface area contributed by atoms with Gasteiger partial charge in [-0.1, -0.05) is 72.8 Å². The average Bonchev–Trinajstić information content (AvgIpc) is 2.65. The van der Waals surface area contributed by atoms with Crippen molar-refractivity contribution in [2.45, 2.75) is 25.1 Å². The minimum absolute atomic E-state index is 0.142. The Morgan fingerprint density at radius 2 is 1.44 bits per heavy atom. The van der Waals surface area contributed by atoms with Crippen molar-refractivity contribution in [3.05, 3.63) is 83.9 Å². The molecule has 0 aliphatic heterocycles. The molecule has 0 unspecified atom stereocenters. The Bertz CT molecular complexity index is 730. The van der Waals surface area contributed by atoms with Gasteiger partial charge in [-0.15, -0.1) is 0 Å². The fraction of sp³-hybridized carbons (Fsp3) is 0.286. The highest BCUT2D eigenvalue weighted by Crippen LogP contribution is 2.16. The number of amides is 1. The van der Waals surface area contributed by atoms with Crippen molar-refractivity contribution in [1.82, 2.24) is 5.32 Å². The van der Waals surface area contributed by atoms with Crippen LogP contribution in [-0.2, 0) is 17.6 Å². The van der Waals surface area contributed by atoms with E-state index in [2.05, 4.69) is 0 Å². The fourth-order valence-corrected chi connectivity index (χ4v) is 2.69. The van der Waals surface area contributed by atoms with Crippen LogP contribution in [0, 0.1) is 5.92 Å². The number of rotatable bonds is 8. The van der Waals surface area contributed by atoms with Crippen molar-refractivity contribution < 1.29 is 23.1 Å². The van der Waals surface area contributed by atoms with Crippen LogP contribution in [0.3, 0.4) is 0 Å². The molecule has 0 radical (unpaired) electrons. The molecule has 0 spiro atoms. The maximum absolute atomic E-state index is 12.6. The molecule has 0 heterocycles. The van der Waals surface area contributed by atoms with Gasteiger partial charge in [-0.25, -0.2) is 0 Å². The Balaban J connectivity index is 2.10. The quantitative estimate of drug-likeness (QED) is 0.690. The number of halogens is 3. The van der Waals surface area contributed by atoms with Crippen LogP contribution >= 0.6 is 0 Å². The Morgan fingerprint density at radius 3 is 1.93 bits per heavy atom. The van der Waals surface area contributed by atoms with E-state index < -0.39 is 18.1 Å². The van der Waals surface area contributed by atoms with Crippen LogP contribution in [0.4, 0.5) is 13.2 Å². The van der Waals surface area contributed by atoms with Crippen LogP contribution in [0.2, 0.25) is 0 Å². The zero-order valence-electron chi connectivity index (χ0n) is 14.7. The number of carbonyl (C=O) groups is 1. The number of hydrogen-bond acceptors (Lipinski definition) is 2. The number of aliphatic hydroxyl groups excluding tert-OH is 1. The molecule has 0 saturated carbocycles. The lowest BCUT2D eigenvalue weighted by molar-refractivity contribution is -0.174. The molecule has 0 aliphatic carbocycles. The van der Waals surface area contributed by atoms with Gasteiger partial charge in [0, 0.05) is 12.5 Å². The Labute approximate surface area is 156 Å². The van der Waals surface area contributed by atoms with E-state index in [0.717, 1.165) is 11.1 Å². The molecule has 2 aromatic rings. The van der Waals surface area contributed by atoms with Gasteiger partial charge in [0.1, 0.15) is 0 Å². The van der Waals surface area contributed by atoms with Crippen molar-refractivity contribution in [3.8, 4) is 0 Å². The van der Waals surface area contributed by atoms with E-state index >= 15 is 0 Å². The Kier molecular flexibility index (Phi) is 7.61. The van der Waals surface area contributed by atoms with Crippen molar-refractivity contribution in [3.63, 3.8) is 0 Å². The van der Waals surface area contributed by atoms with Crippen molar-refractivity contribution in [2.75, 3.05) is 6.61 Å². The van der Waals surface area contributed by atoms with Crippen LogP contribution in [0.1, 0.15) is 11.1 Å². The lowest BCUT2D eigenvalue weighted by atomic mass is 9.97. The lowest BCUT2D eigenvalue weighted by Gasteiger charge is -2.18. The van der Waals surface area contributed by atoms with E-state index in [1.165, 1.54) is 6.08 Å². The van der Waals surface area contributed by atoms with Crippen LogP contribution in [0.15, 0.2) is 72.8 Å². The molecule has 0 aromatic heterocycles. The molecule has 0 fully saturated rings. The van der Waals surface area contributed by atoms with Crippen molar-refractivity contribution in [2.24, 2.45) is 5.92 Å². The first-order valence-corrected chi connectivity index (χ1v) is 8.63. The van der Waals surface area contributed by atoms with Gasteiger partial charge in [-0.3, -0.25) is 4.79 Å². The third-order valence-electron chi connectivity index (χ3n) is 4.06. The molecule has 1 amide bonds. The zero-order chi connectivity index (χ0) is 19.7. The maximum atomic E-state index is 12.6. The van der Waals surface area contributed by atoms with E-state index in [9.17, 15) is 23.1 Å². The van der Waals surface area contributed by atoms with Gasteiger partial charge < -0.3 is 10.4 Å². The third kappa shape index (κ3) is 7.27. The number of hydrogen-bond donors (Lipinski definition) is 2. The number of alkyl halides is 3. The van der Waals surface area contributed by atoms with Gasteiger partial charge in [0.2, 0.25) is 0 Å². The molecular weight excluding hydrogens is 355 g/mol. The predicted molar refractivity (Wildman–Crippen MR) is 98.0 cm³/mol. The highest BCUT2D eigenvalue weighted by molar-refractivity contribution is 5.82. The fourth-order valence-electron chi connectivity index (χ4n) is 2.69. The van der Waals surface area contributed by atoms with Crippen LogP contribution in [-0.4, -0.2) is 29.8 Å². The Morgan fingerprint density at radius 1 is 0.926 bits per heavy atom. The summed E-state index contributed by atoms with van der Waals surface area (Å²) >= 11 is 0. The summed E-state index contributed by atoms with van der Waals surface area (Å²) < 4.78 is 37.9. The van der Waals surface area contributed by atoms with Crippen LogP contribution in [0.5, 0.6) is 0 Å². The lowest BCUT2D eigenvalue weighted by Crippen LogP contribution is -2.43. The van der Waals surface area contributed by atoms with Crippen LogP contribution in [0.25, 0.3) is 0 Å². The summed E-state index contributed by atoms with van der Waals surface area (Å²) in [6.07, 6.45) is -0.970. The topological polar surface area (TPSA) is 49.3 Å². The van der Waals surface area contributed by atoms with Gasteiger partial charge in [0.05, 0.1) is 6.04 Å². The molecule has 2 rings (SSSR count). The number of carbonyl (C=O) groups excluding carboxylic acids is 1. The molecule has 27 heavy (non-hydrogen) atoms. The first-order chi connectivity index (χ1) is 12.9. The SMILES string of the molecule is O=C(N[C@H](/C=C/[C@H](CO)Cc1ccccc1)Cc1ccccc1)C(F)(F)F. The molecule has 2 atom stereocenters. The summed E-state index contributed by atoms with van der Waals surface area (Å²) in [6, 6.07) is 17.6. The van der Waals surface area contributed by atoms with E-state index in [1.54, 1.807) is 30.3 Å². The standard InChI is InChI=1S/C21H22F3NO2/c22-21(23,24)20(27)25-19(14-17-9-5-2-6-10-17)12-11-18(15-26)13-16-7-3-1-4-8-16/h1-12,18-19,26H,13-15H2,(H,25,27)/b12-11+/t18-,19+/m0/s1. The zero-order valence-corrected chi connectivity index (χ0v) is 14.7. The van der Waals surface area contributed by atoms with Gasteiger partial charge in [0.25, 0.3) is 0 Å². The smallest absolute Gasteiger partial charge is 0.396 e. The summed E-state index contributed by atoms with van der Waals surface area (Å²) in [7, 11) is 0. The van der Waals surface area contributed by atoms with E-state index in [0.29, 0.717) is 6.42 Å². The summed E-state index contributed by atoms with van der Waals surface area (Å²) in [5.74, 6) is -2.23. The molecular formula is C21H22F3NO2. The number of nitrogens with one attached hydrogen (secondary N) is 1. The summed E-state index contributed by atoms with van der Waals surface area (Å²) in [4.78, 5) is 11.4. The normalized spacial score (nSPS) is 14.1. The van der Waals surface area contributed by atoms with Gasteiger partial charge in [-0.05, 0) is 24.0 Å². The maximum Gasteiger partial charge on any atom is 0.471 e. The monoisotopic (exact) mass is 377 g/mol.